The number of anilines is 2. The summed E-state index contributed by atoms with van der Waals surface area (Å²) in [5, 5.41) is 25.4. The summed E-state index contributed by atoms with van der Waals surface area (Å²) >= 11 is 0. The number of rotatable bonds is 18. The second-order valence-corrected chi connectivity index (χ2v) is 15.9. The summed E-state index contributed by atoms with van der Waals surface area (Å²) in [6.45, 7) is 1.60. The Morgan fingerprint density at radius 2 is 1.70 bits per heavy atom. The number of hydrogen-bond donors (Lipinski definition) is 8. The van der Waals surface area contributed by atoms with Crippen molar-refractivity contribution in [3.8, 4) is 0 Å². The number of hydrogen-bond acceptors (Lipinski definition) is 20. The largest absolute Gasteiger partial charge is 0.472 e. The average molecular weight is 883 g/mol. The first-order chi connectivity index (χ1) is 28.4. The first kappa shape index (κ1) is 44.5. The molecule has 1 unspecified atom stereocenters. The lowest BCUT2D eigenvalue weighted by atomic mass is 10.1. The van der Waals surface area contributed by atoms with Crippen LogP contribution in [0.4, 0.5) is 11.6 Å². The van der Waals surface area contributed by atoms with Crippen LogP contribution in [-0.4, -0.2) is 127 Å². The summed E-state index contributed by atoms with van der Waals surface area (Å²) in [5.41, 5.74) is 11.2. The Kier molecular flexibility index (Phi) is 13.8. The van der Waals surface area contributed by atoms with Crippen molar-refractivity contribution < 1.29 is 71.4 Å². The van der Waals surface area contributed by atoms with E-state index in [0.29, 0.717) is 12.0 Å². The van der Waals surface area contributed by atoms with Crippen LogP contribution in [-0.2, 0) is 52.9 Å². The number of nitrogens with one attached hydrogen (secondary N) is 1. The molecule has 4 aromatic rings. The van der Waals surface area contributed by atoms with Crippen LogP contribution in [0.25, 0.3) is 11.2 Å². The minimum atomic E-state index is -5.41. The van der Waals surface area contributed by atoms with E-state index in [2.05, 4.69) is 41.3 Å². The van der Waals surface area contributed by atoms with Gasteiger partial charge in [0.1, 0.15) is 54.2 Å². The van der Waals surface area contributed by atoms with Crippen LogP contribution < -0.4 is 22.5 Å². The Labute approximate surface area is 338 Å². The number of nitrogens with zero attached hydrogens (tertiary/aromatic N) is 7. The average Bonchev–Trinajstić information content (AvgIpc) is 3.85. The molecule has 28 heteroatoms. The Hall–Kier alpha value is -5.08. The molecule has 4 aromatic heterocycles. The molecular weight excluding hydrogens is 842 g/mol. The molecule has 2 aliphatic heterocycles. The number of aliphatic hydroxyl groups is 2. The highest BCUT2D eigenvalue weighted by atomic mass is 31.2. The number of phosphoric acid groups is 2. The molecule has 0 aliphatic carbocycles. The van der Waals surface area contributed by atoms with Crippen LogP contribution in [0.15, 0.2) is 66.9 Å². The van der Waals surface area contributed by atoms with Gasteiger partial charge in [-0.3, -0.25) is 32.5 Å². The topological polar surface area (TPSA) is 380 Å². The molecule has 2 saturated heterocycles. The number of carbonyl (C=O) groups excluding carboxylic acids is 2. The number of aliphatic hydroxyl groups excluding tert-OH is 2. The van der Waals surface area contributed by atoms with Crippen LogP contribution in [0.2, 0.25) is 0 Å². The van der Waals surface area contributed by atoms with Gasteiger partial charge in [0.05, 0.1) is 19.5 Å². The van der Waals surface area contributed by atoms with Gasteiger partial charge in [-0.25, -0.2) is 33.7 Å². The normalized spacial score (nSPS) is 25.8. The number of nitrogen functional groups attached to an aromatic ring is 2. The van der Waals surface area contributed by atoms with Crippen molar-refractivity contribution in [1.82, 2.24) is 39.4 Å². The number of ether oxygens (including phenoxy) is 3. The van der Waals surface area contributed by atoms with Crippen LogP contribution in [0.1, 0.15) is 30.9 Å². The molecule has 324 valence electrons. The smallest absolute Gasteiger partial charge is 0.455 e. The SMILES string of the molecule is C=CCCC(=O)N[C@@H](Cc1cccnc1)C(=O)O[C@H]1[C@@H](O)[C@H](n2cnc3c(N)ncnc32)O[C@@H]1COP(=O)(O)O[C@H]1[C@@H](O)[C@H](n2ccc(N)nc2=O)O[C@@H]1COP(=O)(O)O. The first-order valence-corrected chi connectivity index (χ1v) is 20.8. The van der Waals surface area contributed by atoms with Gasteiger partial charge in [-0.2, -0.15) is 4.98 Å². The van der Waals surface area contributed by atoms with Gasteiger partial charge in [-0.15, -0.1) is 6.58 Å². The van der Waals surface area contributed by atoms with E-state index >= 15 is 0 Å². The molecule has 26 nitrogen and oxygen atoms in total. The Morgan fingerprint density at radius 3 is 2.38 bits per heavy atom. The van der Waals surface area contributed by atoms with Crippen molar-refractivity contribution in [2.45, 2.75) is 74.4 Å². The number of imidazole rings is 1. The predicted octanol–water partition coefficient (Wildman–Crippen LogP) is -1.62. The first-order valence-electron chi connectivity index (χ1n) is 17.7. The number of amides is 1. The maximum Gasteiger partial charge on any atom is 0.472 e. The Bertz CT molecular complexity index is 2330. The molecule has 0 spiro atoms. The second kappa shape index (κ2) is 18.7. The zero-order valence-corrected chi connectivity index (χ0v) is 32.8. The minimum Gasteiger partial charge on any atom is -0.455 e. The van der Waals surface area contributed by atoms with E-state index in [1.165, 1.54) is 35.4 Å². The fourth-order valence-electron chi connectivity index (χ4n) is 6.30. The van der Waals surface area contributed by atoms with E-state index in [0.717, 1.165) is 17.1 Å². The van der Waals surface area contributed by atoms with E-state index < -0.39 is 102 Å². The molecular formula is C32H40N10O16P2. The van der Waals surface area contributed by atoms with Gasteiger partial charge in [-0.1, -0.05) is 12.1 Å². The number of nitrogens with two attached hydrogens (primary N) is 2. The third-order valence-corrected chi connectivity index (χ3v) is 10.6. The molecule has 10 atom stereocenters. The van der Waals surface area contributed by atoms with Gasteiger partial charge >= 0.3 is 27.3 Å². The molecule has 0 radical (unpaired) electrons. The molecule has 0 bridgehead atoms. The zero-order chi connectivity index (χ0) is 43.4. The predicted molar refractivity (Wildman–Crippen MR) is 200 cm³/mol. The summed E-state index contributed by atoms with van der Waals surface area (Å²) in [6, 6.07) is 3.11. The minimum absolute atomic E-state index is 0.0137. The number of fused-ring (bicyclic) bond motifs is 1. The summed E-state index contributed by atoms with van der Waals surface area (Å²) in [4.78, 5) is 88.4. The highest BCUT2D eigenvalue weighted by Gasteiger charge is 2.52. The Balaban J connectivity index is 1.25. The van der Waals surface area contributed by atoms with Crippen molar-refractivity contribution in [2.24, 2.45) is 0 Å². The van der Waals surface area contributed by atoms with Gasteiger partial charge < -0.3 is 55.9 Å². The van der Waals surface area contributed by atoms with Crippen molar-refractivity contribution in [1.29, 1.82) is 0 Å². The molecule has 0 saturated carbocycles. The quantitative estimate of drug-likeness (QED) is 0.0316. The highest BCUT2D eigenvalue weighted by Crippen LogP contribution is 2.50. The number of carbonyl (C=O) groups is 2. The standard InChI is InChI=1S/C32H40N10O16P2/c1-2-3-6-21(43)39-17(10-16-5-4-8-35-11-16)31(46)57-25-18(55-30(23(25)44)42-15-38-22-27(34)36-14-37-28(22)42)13-54-60(51,52)58-26-19(12-53-59(48,49)50)56-29(24(26)45)41-9-7-20(33)40-32(41)47/h2,4-5,7-9,11,14-15,17-19,23-26,29-30,44-45H,1,3,6,10,12-13H2,(H,39,43)(H,51,52)(H2,33,40,47)(H2,34,36,37)(H2,48,49,50)/t17-,18+,19+,23+,24+,25+,26+,29+,30+/m0/s1. The van der Waals surface area contributed by atoms with E-state index in [-0.39, 0.29) is 35.6 Å². The highest BCUT2D eigenvalue weighted by molar-refractivity contribution is 7.47. The third-order valence-electron chi connectivity index (χ3n) is 9.08. The van der Waals surface area contributed by atoms with Gasteiger partial charge in [0.2, 0.25) is 5.91 Å². The van der Waals surface area contributed by atoms with Crippen LogP contribution in [0.5, 0.6) is 0 Å². The summed E-state index contributed by atoms with van der Waals surface area (Å²) in [6.07, 6.45) is -5.79. The summed E-state index contributed by atoms with van der Waals surface area (Å²) in [5.74, 6) is -1.77. The van der Waals surface area contributed by atoms with Crippen LogP contribution in [0.3, 0.4) is 0 Å². The van der Waals surface area contributed by atoms with Crippen molar-refractivity contribution >= 4 is 50.3 Å². The summed E-state index contributed by atoms with van der Waals surface area (Å²) in [7, 11) is -10.6. The fourth-order valence-corrected chi connectivity index (χ4v) is 7.61. The lowest BCUT2D eigenvalue weighted by molar-refractivity contribution is -0.160. The molecule has 60 heavy (non-hydrogen) atoms. The van der Waals surface area contributed by atoms with Gasteiger partial charge in [0, 0.05) is 31.4 Å². The molecule has 10 N–H and O–H groups in total. The van der Waals surface area contributed by atoms with Crippen LogP contribution >= 0.6 is 15.6 Å². The second-order valence-electron chi connectivity index (χ2n) is 13.3. The maximum atomic E-state index is 13.9. The number of esters is 1. The van der Waals surface area contributed by atoms with Crippen molar-refractivity contribution in [3.05, 3.63) is 78.1 Å². The molecule has 2 fully saturated rings. The van der Waals surface area contributed by atoms with Gasteiger partial charge in [0.15, 0.2) is 30.0 Å². The maximum absolute atomic E-state index is 13.9. The van der Waals surface area contributed by atoms with Crippen LogP contribution in [0, 0.1) is 0 Å². The number of phosphoric ester groups is 2. The molecule has 1 amide bonds. The van der Waals surface area contributed by atoms with Crippen molar-refractivity contribution in [2.75, 3.05) is 24.7 Å². The van der Waals surface area contributed by atoms with Gasteiger partial charge in [0.25, 0.3) is 0 Å². The van der Waals surface area contributed by atoms with Gasteiger partial charge in [-0.05, 0) is 24.1 Å². The molecule has 6 rings (SSSR count). The van der Waals surface area contributed by atoms with Crippen molar-refractivity contribution in [3.63, 3.8) is 0 Å². The fraction of sp³-hybridized carbons (Fsp3) is 0.438. The van der Waals surface area contributed by atoms with E-state index in [9.17, 15) is 48.4 Å². The third kappa shape index (κ3) is 10.6. The monoisotopic (exact) mass is 882 g/mol. The van der Waals surface area contributed by atoms with E-state index in [4.69, 9.17) is 34.7 Å². The lowest BCUT2D eigenvalue weighted by Crippen LogP contribution is -2.47. The molecule has 2 aliphatic rings. The number of allylic oxidation sites excluding steroid dienone is 1. The van der Waals surface area contributed by atoms with E-state index in [1.807, 2.05) is 0 Å². The molecule has 0 aromatic carbocycles. The Morgan fingerprint density at radius 1 is 1.00 bits per heavy atom. The summed E-state index contributed by atoms with van der Waals surface area (Å²) < 4.78 is 59.4. The number of pyridine rings is 1. The number of aromatic nitrogens is 7. The lowest BCUT2D eigenvalue weighted by Gasteiger charge is -2.26. The zero-order valence-electron chi connectivity index (χ0n) is 31.0. The van der Waals surface area contributed by atoms with E-state index in [1.54, 1.807) is 12.1 Å². The molecule has 6 heterocycles.